The van der Waals surface area contributed by atoms with E-state index in [2.05, 4.69) is 16.0 Å². The number of hydrogen-bond acceptors (Lipinski definition) is 7. The second-order valence-corrected chi connectivity index (χ2v) is 7.33. The molecule has 0 spiro atoms. The molecule has 1 aromatic rings. The van der Waals surface area contributed by atoms with Crippen molar-refractivity contribution >= 4 is 9.84 Å². The van der Waals surface area contributed by atoms with E-state index in [1.54, 1.807) is 25.1 Å². The van der Waals surface area contributed by atoms with Crippen molar-refractivity contribution in [1.82, 2.24) is 16.0 Å². The van der Waals surface area contributed by atoms with E-state index in [0.29, 0.717) is 25.2 Å². The Balaban J connectivity index is 2.26. The normalized spacial score (nSPS) is 13.2. The van der Waals surface area contributed by atoms with Crippen LogP contribution in [0.1, 0.15) is 5.56 Å². The van der Waals surface area contributed by atoms with Gasteiger partial charge in [-0.05, 0) is 18.6 Å². The molecule has 0 heterocycles. The monoisotopic (exact) mass is 344 g/mol. The van der Waals surface area contributed by atoms with Gasteiger partial charge in [-0.25, -0.2) is 8.42 Å². The van der Waals surface area contributed by atoms with E-state index in [1.165, 1.54) is 6.07 Å². The Hall–Kier alpha value is -1.03. The molecule has 7 nitrogen and oxygen atoms in total. The topological polar surface area (TPSA) is 116 Å². The van der Waals surface area contributed by atoms with Gasteiger partial charge in [0.05, 0.1) is 4.90 Å². The van der Waals surface area contributed by atoms with Crippen LogP contribution in [0.3, 0.4) is 0 Å². The van der Waals surface area contributed by atoms with Crippen LogP contribution >= 0.6 is 0 Å². The maximum atomic E-state index is 12.3. The molecule has 1 unspecified atom stereocenters. The molecular weight excluding hydrogens is 316 g/mol. The number of hydrogen-bond donors (Lipinski definition) is 5. The van der Waals surface area contributed by atoms with Crippen LogP contribution in [-0.4, -0.2) is 64.8 Å². The van der Waals surface area contributed by atoms with Crippen molar-refractivity contribution in [3.8, 4) is 0 Å². The van der Waals surface area contributed by atoms with Crippen molar-refractivity contribution in [3.05, 3.63) is 29.8 Å². The molecular formula is C15H28N4O3S. The van der Waals surface area contributed by atoms with Crippen molar-refractivity contribution in [2.75, 3.05) is 45.8 Å². The first-order valence-electron chi connectivity index (χ1n) is 7.80. The molecule has 0 aromatic heterocycles. The maximum absolute atomic E-state index is 12.3. The summed E-state index contributed by atoms with van der Waals surface area (Å²) >= 11 is 0. The highest BCUT2D eigenvalue weighted by atomic mass is 32.2. The average Bonchev–Trinajstić information content (AvgIpc) is 2.53. The lowest BCUT2D eigenvalue weighted by Gasteiger charge is -2.15. The van der Waals surface area contributed by atoms with Crippen LogP contribution in [-0.2, 0) is 9.84 Å². The van der Waals surface area contributed by atoms with E-state index in [4.69, 9.17) is 5.73 Å². The van der Waals surface area contributed by atoms with Gasteiger partial charge >= 0.3 is 0 Å². The largest absolute Gasteiger partial charge is 0.376 e. The van der Waals surface area contributed by atoms with Gasteiger partial charge < -0.3 is 26.8 Å². The van der Waals surface area contributed by atoms with Crippen LogP contribution < -0.4 is 21.7 Å². The minimum atomic E-state index is -3.73. The molecule has 8 heteroatoms. The number of rotatable bonds is 12. The summed E-state index contributed by atoms with van der Waals surface area (Å²) < 4.78 is 24.6. The van der Waals surface area contributed by atoms with E-state index in [-0.39, 0.29) is 11.4 Å². The minimum Gasteiger partial charge on any atom is -0.376 e. The molecule has 0 amide bonds. The Morgan fingerprint density at radius 3 is 2.22 bits per heavy atom. The van der Waals surface area contributed by atoms with Crippen molar-refractivity contribution in [2.45, 2.75) is 17.3 Å². The lowest BCUT2D eigenvalue weighted by atomic mass is 10.2. The summed E-state index contributed by atoms with van der Waals surface area (Å²) in [5.74, 6) is 0. The number of aliphatic hydroxyl groups is 1. The Labute approximate surface area is 138 Å². The van der Waals surface area contributed by atoms with Crippen molar-refractivity contribution in [2.24, 2.45) is 5.73 Å². The molecule has 6 N–H and O–H groups in total. The van der Waals surface area contributed by atoms with Crippen LogP contribution in [0, 0.1) is 6.92 Å². The summed E-state index contributed by atoms with van der Waals surface area (Å²) in [6.45, 7) is 6.06. The molecule has 0 saturated carbocycles. The molecule has 1 rings (SSSR count). The van der Waals surface area contributed by atoms with E-state index in [9.17, 15) is 13.5 Å². The zero-order chi connectivity index (χ0) is 17.1. The lowest BCUT2D eigenvalue weighted by Crippen LogP contribution is -2.38. The molecule has 0 bridgehead atoms. The van der Waals surface area contributed by atoms with Gasteiger partial charge in [0.2, 0.25) is 9.84 Å². The summed E-state index contributed by atoms with van der Waals surface area (Å²) in [6, 6.07) is 6.66. The third-order valence-electron chi connectivity index (χ3n) is 3.36. The van der Waals surface area contributed by atoms with Crippen LogP contribution in [0.5, 0.6) is 0 Å². The van der Waals surface area contributed by atoms with Gasteiger partial charge in [-0.3, -0.25) is 0 Å². The Kier molecular flexibility index (Phi) is 9.30. The maximum Gasteiger partial charge on any atom is 0.206 e. The highest BCUT2D eigenvalue weighted by Crippen LogP contribution is 2.18. The number of sulfone groups is 1. The zero-order valence-corrected chi connectivity index (χ0v) is 14.4. The Morgan fingerprint density at radius 1 is 1.04 bits per heavy atom. The van der Waals surface area contributed by atoms with Crippen LogP contribution in [0.15, 0.2) is 29.2 Å². The number of benzene rings is 1. The molecule has 0 saturated heterocycles. The molecule has 23 heavy (non-hydrogen) atoms. The third-order valence-corrected chi connectivity index (χ3v) is 5.31. The highest BCUT2D eigenvalue weighted by Gasteiger charge is 2.25. The Bertz CT molecular complexity index is 551. The zero-order valence-electron chi connectivity index (χ0n) is 13.6. The number of nitrogens with one attached hydrogen (secondary N) is 3. The van der Waals surface area contributed by atoms with Gasteiger partial charge in [-0.1, -0.05) is 18.2 Å². The molecule has 0 radical (unpaired) electrons. The first-order chi connectivity index (χ1) is 11.0. The molecule has 0 aliphatic rings. The van der Waals surface area contributed by atoms with E-state index >= 15 is 0 Å². The van der Waals surface area contributed by atoms with Crippen molar-refractivity contribution in [1.29, 1.82) is 0 Å². The molecule has 0 aliphatic carbocycles. The average molecular weight is 344 g/mol. The Morgan fingerprint density at radius 2 is 1.61 bits per heavy atom. The van der Waals surface area contributed by atoms with Crippen LogP contribution in [0.4, 0.5) is 0 Å². The van der Waals surface area contributed by atoms with E-state index in [1.807, 2.05) is 0 Å². The minimum absolute atomic E-state index is 0.00374. The molecule has 0 fully saturated rings. The lowest BCUT2D eigenvalue weighted by molar-refractivity contribution is 0.244. The fourth-order valence-corrected chi connectivity index (χ4v) is 3.48. The summed E-state index contributed by atoms with van der Waals surface area (Å²) in [5, 5.41) is 19.3. The van der Waals surface area contributed by atoms with Crippen molar-refractivity contribution < 1.29 is 13.5 Å². The van der Waals surface area contributed by atoms with Gasteiger partial charge in [0.15, 0.2) is 5.44 Å². The molecule has 132 valence electrons. The number of aliphatic hydroxyl groups excluding tert-OH is 1. The van der Waals surface area contributed by atoms with Crippen LogP contribution in [0.2, 0.25) is 0 Å². The quantitative estimate of drug-likeness (QED) is 0.303. The first-order valence-corrected chi connectivity index (χ1v) is 9.34. The standard InChI is InChI=1S/C15H28N4O3S/c1-13-4-2-3-5-14(13)23(21,22)15(20)12-19-11-10-18-9-8-17-7-6-16/h2-5,15,17-20H,6-12,16H2,1H3. The van der Waals surface area contributed by atoms with Gasteiger partial charge in [-0.2, -0.15) is 0 Å². The van der Waals surface area contributed by atoms with E-state index < -0.39 is 15.3 Å². The predicted molar refractivity (Wildman–Crippen MR) is 92.0 cm³/mol. The molecule has 1 aromatic carbocycles. The van der Waals surface area contributed by atoms with Gasteiger partial charge in [0, 0.05) is 45.8 Å². The fourth-order valence-electron chi connectivity index (χ4n) is 2.06. The summed E-state index contributed by atoms with van der Waals surface area (Å²) in [5.41, 5.74) is 4.55. The highest BCUT2D eigenvalue weighted by molar-refractivity contribution is 7.92. The van der Waals surface area contributed by atoms with Gasteiger partial charge in [0.25, 0.3) is 0 Å². The summed E-state index contributed by atoms with van der Waals surface area (Å²) in [6.07, 6.45) is 0. The van der Waals surface area contributed by atoms with Crippen LogP contribution in [0.25, 0.3) is 0 Å². The van der Waals surface area contributed by atoms with Gasteiger partial charge in [0.1, 0.15) is 0 Å². The molecule has 1 atom stereocenters. The SMILES string of the molecule is Cc1ccccc1S(=O)(=O)C(O)CNCCNCCNCCN. The second-order valence-electron chi connectivity index (χ2n) is 5.26. The summed E-state index contributed by atoms with van der Waals surface area (Å²) in [7, 11) is -3.73. The first kappa shape index (κ1) is 20.0. The third kappa shape index (κ3) is 6.94. The fraction of sp³-hybridized carbons (Fsp3) is 0.600. The van der Waals surface area contributed by atoms with E-state index in [0.717, 1.165) is 19.6 Å². The summed E-state index contributed by atoms with van der Waals surface area (Å²) in [4.78, 5) is 0.179. The van der Waals surface area contributed by atoms with Crippen molar-refractivity contribution in [3.63, 3.8) is 0 Å². The molecule has 0 aliphatic heterocycles. The number of nitrogens with two attached hydrogens (primary N) is 1. The smallest absolute Gasteiger partial charge is 0.206 e. The second kappa shape index (κ2) is 10.7. The number of aryl methyl sites for hydroxylation is 1. The van der Waals surface area contributed by atoms with Gasteiger partial charge in [-0.15, -0.1) is 0 Å². The predicted octanol–water partition coefficient (Wildman–Crippen LogP) is -1.19.